The first-order chi connectivity index (χ1) is 9.39. The molecule has 0 aromatic rings. The van der Waals surface area contributed by atoms with Gasteiger partial charge in [-0.05, 0) is 44.3 Å². The molecule has 1 fully saturated rings. The van der Waals surface area contributed by atoms with Gasteiger partial charge in [0.15, 0.2) is 0 Å². The zero-order valence-electron chi connectivity index (χ0n) is 14.7. The van der Waals surface area contributed by atoms with Gasteiger partial charge < -0.3 is 14.9 Å². The maximum absolute atomic E-state index is 3.97. The lowest BCUT2D eigenvalue weighted by molar-refractivity contribution is 0.152. The molecule has 0 spiro atoms. The van der Waals surface area contributed by atoms with Gasteiger partial charge in [0.2, 0.25) is 0 Å². The Hall–Kier alpha value is 0.0969. The third-order valence-electron chi connectivity index (χ3n) is 5.57. The SMILES string of the molecule is CCCN[Si](NCC)(NCC)C1(C)CCCCC1(C)C. The van der Waals surface area contributed by atoms with Crippen LogP contribution in [0.3, 0.4) is 0 Å². The summed E-state index contributed by atoms with van der Waals surface area (Å²) in [5.41, 5.74) is 0.391. The minimum Gasteiger partial charge on any atom is -0.313 e. The van der Waals surface area contributed by atoms with Crippen molar-refractivity contribution in [2.45, 2.75) is 78.7 Å². The Bertz CT molecular complexity index is 287. The third-order valence-corrected chi connectivity index (χ3v) is 10.7. The summed E-state index contributed by atoms with van der Waals surface area (Å²) in [7, 11) is -1.93. The molecule has 1 saturated carbocycles. The van der Waals surface area contributed by atoms with Crippen LogP contribution in [0.25, 0.3) is 0 Å². The topological polar surface area (TPSA) is 36.1 Å². The second kappa shape index (κ2) is 7.39. The first kappa shape index (κ1) is 18.1. The minimum atomic E-state index is -1.93. The lowest BCUT2D eigenvalue weighted by Gasteiger charge is -2.58. The Morgan fingerprint density at radius 2 is 1.40 bits per heavy atom. The molecule has 0 radical (unpaired) electrons. The molecule has 3 nitrogen and oxygen atoms in total. The van der Waals surface area contributed by atoms with Crippen LogP contribution in [0.5, 0.6) is 0 Å². The lowest BCUT2D eigenvalue weighted by Crippen LogP contribution is -2.80. The molecule has 0 bridgehead atoms. The number of nitrogens with one attached hydrogen (secondary N) is 3. The molecule has 1 aliphatic carbocycles. The van der Waals surface area contributed by atoms with Crippen LogP contribution in [0.15, 0.2) is 0 Å². The molecule has 3 N–H and O–H groups in total. The molecule has 1 unspecified atom stereocenters. The average Bonchev–Trinajstić information content (AvgIpc) is 2.40. The molecular formula is C16H37N3Si. The fourth-order valence-corrected chi connectivity index (χ4v) is 8.89. The Kier molecular flexibility index (Phi) is 6.70. The summed E-state index contributed by atoms with van der Waals surface area (Å²) in [4.78, 5) is 11.8. The van der Waals surface area contributed by atoms with Gasteiger partial charge in [-0.3, -0.25) is 0 Å². The van der Waals surface area contributed by atoms with E-state index in [9.17, 15) is 0 Å². The van der Waals surface area contributed by atoms with Crippen LogP contribution >= 0.6 is 0 Å². The molecule has 1 rings (SSSR count). The predicted molar refractivity (Wildman–Crippen MR) is 92.0 cm³/mol. The van der Waals surface area contributed by atoms with Gasteiger partial charge in [-0.2, -0.15) is 0 Å². The Morgan fingerprint density at radius 3 is 1.85 bits per heavy atom. The van der Waals surface area contributed by atoms with E-state index in [4.69, 9.17) is 0 Å². The van der Waals surface area contributed by atoms with Gasteiger partial charge in [0, 0.05) is 5.04 Å². The van der Waals surface area contributed by atoms with Gasteiger partial charge >= 0.3 is 0 Å². The Labute approximate surface area is 127 Å². The zero-order valence-corrected chi connectivity index (χ0v) is 15.7. The minimum absolute atomic E-state index is 0.347. The molecule has 120 valence electrons. The average molecular weight is 300 g/mol. The van der Waals surface area contributed by atoms with Crippen molar-refractivity contribution in [2.24, 2.45) is 5.41 Å². The van der Waals surface area contributed by atoms with Gasteiger partial charge in [0.25, 0.3) is 8.56 Å². The highest BCUT2D eigenvalue weighted by Gasteiger charge is 2.58. The zero-order chi connectivity index (χ0) is 15.3. The van der Waals surface area contributed by atoms with E-state index in [2.05, 4.69) is 56.5 Å². The molecular weight excluding hydrogens is 262 g/mol. The van der Waals surface area contributed by atoms with E-state index in [0.717, 1.165) is 19.6 Å². The van der Waals surface area contributed by atoms with Gasteiger partial charge in [0.05, 0.1) is 0 Å². The number of hydrogen-bond donors (Lipinski definition) is 3. The summed E-state index contributed by atoms with van der Waals surface area (Å²) in [6.07, 6.45) is 6.65. The Morgan fingerprint density at radius 1 is 0.850 bits per heavy atom. The van der Waals surface area contributed by atoms with Crippen LogP contribution in [0.4, 0.5) is 0 Å². The van der Waals surface area contributed by atoms with Crippen LogP contribution < -0.4 is 14.9 Å². The first-order valence-electron chi connectivity index (χ1n) is 8.64. The number of hydrogen-bond acceptors (Lipinski definition) is 3. The Balaban J connectivity index is 3.16. The summed E-state index contributed by atoms with van der Waals surface area (Å²) < 4.78 is 0. The van der Waals surface area contributed by atoms with Gasteiger partial charge in [-0.15, -0.1) is 0 Å². The summed E-state index contributed by atoms with van der Waals surface area (Å²) in [6, 6.07) is 0. The molecule has 1 atom stereocenters. The van der Waals surface area contributed by atoms with Crippen molar-refractivity contribution >= 4 is 8.56 Å². The van der Waals surface area contributed by atoms with E-state index in [-0.39, 0.29) is 0 Å². The predicted octanol–water partition coefficient (Wildman–Crippen LogP) is 3.50. The van der Waals surface area contributed by atoms with E-state index in [1.165, 1.54) is 32.1 Å². The highest BCUT2D eigenvalue weighted by atomic mass is 28.4. The maximum atomic E-state index is 3.97. The maximum Gasteiger partial charge on any atom is 0.288 e. The first-order valence-corrected chi connectivity index (χ1v) is 10.6. The van der Waals surface area contributed by atoms with Crippen molar-refractivity contribution < 1.29 is 0 Å². The van der Waals surface area contributed by atoms with Gasteiger partial charge in [-0.1, -0.05) is 54.4 Å². The van der Waals surface area contributed by atoms with Crippen LogP contribution in [0.2, 0.25) is 5.04 Å². The highest BCUT2D eigenvalue weighted by molar-refractivity contribution is 6.76. The van der Waals surface area contributed by atoms with E-state index >= 15 is 0 Å². The van der Waals surface area contributed by atoms with E-state index < -0.39 is 8.56 Å². The molecule has 1 aliphatic rings. The van der Waals surface area contributed by atoms with E-state index in [1.54, 1.807) is 0 Å². The van der Waals surface area contributed by atoms with Crippen LogP contribution in [-0.2, 0) is 0 Å². The van der Waals surface area contributed by atoms with Crippen LogP contribution in [0, 0.1) is 5.41 Å². The van der Waals surface area contributed by atoms with Crippen molar-refractivity contribution in [2.75, 3.05) is 19.6 Å². The normalized spacial score (nSPS) is 26.7. The lowest BCUT2D eigenvalue weighted by atomic mass is 9.69. The van der Waals surface area contributed by atoms with E-state index in [0.29, 0.717) is 10.5 Å². The third kappa shape index (κ3) is 3.29. The number of rotatable bonds is 8. The fraction of sp³-hybridized carbons (Fsp3) is 1.00. The largest absolute Gasteiger partial charge is 0.313 e. The summed E-state index contributed by atoms with van der Waals surface area (Å²) >= 11 is 0. The molecule has 0 saturated heterocycles. The molecule has 0 aromatic carbocycles. The van der Waals surface area contributed by atoms with Crippen molar-refractivity contribution in [3.63, 3.8) is 0 Å². The fourth-order valence-electron chi connectivity index (χ4n) is 3.97. The highest BCUT2D eigenvalue weighted by Crippen LogP contribution is 2.58. The monoisotopic (exact) mass is 299 g/mol. The van der Waals surface area contributed by atoms with Crippen molar-refractivity contribution in [3.8, 4) is 0 Å². The van der Waals surface area contributed by atoms with Crippen molar-refractivity contribution in [3.05, 3.63) is 0 Å². The van der Waals surface area contributed by atoms with Crippen LogP contribution in [-0.4, -0.2) is 28.2 Å². The standard InChI is InChI=1S/C16H37N3Si/c1-7-14-19-20(17-8-2,18-9-3)16(6)13-11-10-12-15(16,4)5/h17-19H,7-14H2,1-6H3. The van der Waals surface area contributed by atoms with Gasteiger partial charge in [-0.25, -0.2) is 0 Å². The molecule has 0 amide bonds. The smallest absolute Gasteiger partial charge is 0.288 e. The second-order valence-corrected chi connectivity index (χ2v) is 10.8. The summed E-state index contributed by atoms with van der Waals surface area (Å²) in [6.45, 7) is 17.4. The van der Waals surface area contributed by atoms with Crippen molar-refractivity contribution in [1.82, 2.24) is 14.9 Å². The van der Waals surface area contributed by atoms with Crippen LogP contribution in [0.1, 0.15) is 73.6 Å². The molecule has 4 heteroatoms. The summed E-state index contributed by atoms with van der Waals surface area (Å²) in [5, 5.41) is 0.347. The second-order valence-electron chi connectivity index (χ2n) is 7.16. The quantitative estimate of drug-likeness (QED) is 0.600. The summed E-state index contributed by atoms with van der Waals surface area (Å²) in [5.74, 6) is 0. The van der Waals surface area contributed by atoms with Gasteiger partial charge in [0.1, 0.15) is 0 Å². The van der Waals surface area contributed by atoms with E-state index in [1.807, 2.05) is 0 Å². The molecule has 20 heavy (non-hydrogen) atoms. The van der Waals surface area contributed by atoms with Crippen molar-refractivity contribution in [1.29, 1.82) is 0 Å². The molecule has 0 aromatic heterocycles. The molecule has 0 heterocycles. The molecule has 0 aliphatic heterocycles.